The highest BCUT2D eigenvalue weighted by molar-refractivity contribution is 5.48. The third-order valence-corrected chi connectivity index (χ3v) is 3.87. The Morgan fingerprint density at radius 2 is 2.10 bits per heavy atom. The Hall–Kier alpha value is -1.53. The third kappa shape index (κ3) is 5.77. The Kier molecular flexibility index (Phi) is 7.25. The first kappa shape index (κ1) is 17.5. The van der Waals surface area contributed by atoms with Crippen LogP contribution >= 0.6 is 0 Å². The zero-order chi connectivity index (χ0) is 15.7. The fraction of sp³-hybridized carbons (Fsp3) is 0.611. The van der Waals surface area contributed by atoms with Crippen LogP contribution in [0.4, 0.5) is 5.69 Å². The van der Waals surface area contributed by atoms with Crippen LogP contribution in [0, 0.1) is 18.3 Å². The lowest BCUT2D eigenvalue weighted by molar-refractivity contribution is 0.407. The molecule has 1 N–H and O–H groups in total. The number of hydrogen-bond acceptors (Lipinski definition) is 3. The molecule has 0 fully saturated rings. The van der Waals surface area contributed by atoms with Crippen LogP contribution in [0.2, 0.25) is 0 Å². The van der Waals surface area contributed by atoms with Gasteiger partial charge < -0.3 is 4.90 Å². The topological polar surface area (TPSA) is 39.1 Å². The van der Waals surface area contributed by atoms with Gasteiger partial charge in [-0.1, -0.05) is 19.1 Å². The number of rotatable bonds is 9. The standard InChI is InChI=1S/C18H29N3/c1-5-12-20-18(4,15-19)11-8-13-21(6-2)17-10-7-9-16(3)14-17/h7,9-10,14,20H,5-6,8,11-13H2,1-4H3. The van der Waals surface area contributed by atoms with E-state index in [1.54, 1.807) is 0 Å². The molecule has 0 amide bonds. The summed E-state index contributed by atoms with van der Waals surface area (Å²) in [7, 11) is 0. The van der Waals surface area contributed by atoms with Crippen LogP contribution < -0.4 is 10.2 Å². The summed E-state index contributed by atoms with van der Waals surface area (Å²) < 4.78 is 0. The number of aryl methyl sites for hydroxylation is 1. The van der Waals surface area contributed by atoms with Crippen LogP contribution in [0.1, 0.15) is 45.6 Å². The maximum absolute atomic E-state index is 9.36. The quantitative estimate of drug-likeness (QED) is 0.749. The first-order valence-electron chi connectivity index (χ1n) is 8.02. The molecule has 0 saturated carbocycles. The molecule has 0 aromatic heterocycles. The second-order valence-electron chi connectivity index (χ2n) is 5.89. The molecule has 116 valence electrons. The average molecular weight is 287 g/mol. The maximum Gasteiger partial charge on any atom is 0.103 e. The van der Waals surface area contributed by atoms with E-state index in [4.69, 9.17) is 0 Å². The van der Waals surface area contributed by atoms with Gasteiger partial charge in [0.1, 0.15) is 5.54 Å². The summed E-state index contributed by atoms with van der Waals surface area (Å²) >= 11 is 0. The van der Waals surface area contributed by atoms with E-state index >= 15 is 0 Å². The van der Waals surface area contributed by atoms with Crippen LogP contribution in [0.3, 0.4) is 0 Å². The highest BCUT2D eigenvalue weighted by atomic mass is 15.1. The molecule has 0 saturated heterocycles. The van der Waals surface area contributed by atoms with E-state index in [1.165, 1.54) is 11.3 Å². The summed E-state index contributed by atoms with van der Waals surface area (Å²) in [5.74, 6) is 0. The molecular weight excluding hydrogens is 258 g/mol. The Labute approximate surface area is 130 Å². The van der Waals surface area contributed by atoms with Crippen LogP contribution in [0.5, 0.6) is 0 Å². The van der Waals surface area contributed by atoms with Crippen molar-refractivity contribution in [3.8, 4) is 6.07 Å². The fourth-order valence-electron chi connectivity index (χ4n) is 2.50. The number of nitriles is 1. The lowest BCUT2D eigenvalue weighted by Crippen LogP contribution is -2.42. The van der Waals surface area contributed by atoms with Gasteiger partial charge in [-0.3, -0.25) is 5.32 Å². The van der Waals surface area contributed by atoms with E-state index in [9.17, 15) is 5.26 Å². The van der Waals surface area contributed by atoms with Gasteiger partial charge in [-0.2, -0.15) is 5.26 Å². The smallest absolute Gasteiger partial charge is 0.103 e. The van der Waals surface area contributed by atoms with Crippen LogP contribution in [-0.4, -0.2) is 25.2 Å². The van der Waals surface area contributed by atoms with E-state index in [2.05, 4.69) is 61.3 Å². The average Bonchev–Trinajstić information content (AvgIpc) is 2.49. The minimum absolute atomic E-state index is 0.401. The van der Waals surface area contributed by atoms with Crippen molar-refractivity contribution < 1.29 is 0 Å². The van der Waals surface area contributed by atoms with Crippen molar-refractivity contribution in [2.75, 3.05) is 24.5 Å². The summed E-state index contributed by atoms with van der Waals surface area (Å²) in [6, 6.07) is 11.0. The van der Waals surface area contributed by atoms with Crippen molar-refractivity contribution in [3.05, 3.63) is 29.8 Å². The molecule has 1 atom stereocenters. The highest BCUT2D eigenvalue weighted by Gasteiger charge is 2.22. The molecule has 1 aromatic rings. The molecule has 0 heterocycles. The SMILES string of the molecule is CCCNC(C)(C#N)CCCN(CC)c1cccc(C)c1. The third-order valence-electron chi connectivity index (χ3n) is 3.87. The van der Waals surface area contributed by atoms with Gasteiger partial charge in [0.2, 0.25) is 0 Å². The van der Waals surface area contributed by atoms with Gasteiger partial charge in [-0.25, -0.2) is 0 Å². The number of nitrogens with zero attached hydrogens (tertiary/aromatic N) is 2. The number of hydrogen-bond donors (Lipinski definition) is 1. The van der Waals surface area contributed by atoms with Gasteiger partial charge in [-0.15, -0.1) is 0 Å². The molecule has 0 aliphatic carbocycles. The molecule has 0 aliphatic rings. The normalized spacial score (nSPS) is 13.5. The minimum atomic E-state index is -0.401. The Morgan fingerprint density at radius 3 is 2.67 bits per heavy atom. The molecule has 0 bridgehead atoms. The van der Waals surface area contributed by atoms with Crippen LogP contribution in [-0.2, 0) is 0 Å². The maximum atomic E-state index is 9.36. The summed E-state index contributed by atoms with van der Waals surface area (Å²) in [5, 5.41) is 12.7. The molecule has 3 heteroatoms. The summed E-state index contributed by atoms with van der Waals surface area (Å²) in [5.41, 5.74) is 2.16. The lowest BCUT2D eigenvalue weighted by Gasteiger charge is -2.27. The van der Waals surface area contributed by atoms with Gasteiger partial charge in [0.15, 0.2) is 0 Å². The largest absolute Gasteiger partial charge is 0.372 e. The van der Waals surface area contributed by atoms with Gasteiger partial charge in [-0.05, 0) is 64.3 Å². The van der Waals surface area contributed by atoms with E-state index in [0.29, 0.717) is 0 Å². The van der Waals surface area contributed by atoms with E-state index in [-0.39, 0.29) is 0 Å². The first-order valence-corrected chi connectivity index (χ1v) is 8.02. The van der Waals surface area contributed by atoms with Crippen molar-refractivity contribution in [2.45, 2.75) is 52.5 Å². The van der Waals surface area contributed by atoms with Gasteiger partial charge >= 0.3 is 0 Å². The predicted molar refractivity (Wildman–Crippen MR) is 90.6 cm³/mol. The molecular formula is C18H29N3. The number of anilines is 1. The van der Waals surface area contributed by atoms with Crippen molar-refractivity contribution in [1.29, 1.82) is 5.26 Å². The molecule has 1 unspecified atom stereocenters. The second kappa shape index (κ2) is 8.69. The van der Waals surface area contributed by atoms with E-state index < -0.39 is 5.54 Å². The van der Waals surface area contributed by atoms with Crippen LogP contribution in [0.25, 0.3) is 0 Å². The molecule has 21 heavy (non-hydrogen) atoms. The Morgan fingerprint density at radius 1 is 1.33 bits per heavy atom. The first-order chi connectivity index (χ1) is 10.0. The van der Waals surface area contributed by atoms with Crippen molar-refractivity contribution >= 4 is 5.69 Å². The Bertz CT molecular complexity index is 464. The van der Waals surface area contributed by atoms with Crippen LogP contribution in [0.15, 0.2) is 24.3 Å². The molecule has 3 nitrogen and oxygen atoms in total. The summed E-state index contributed by atoms with van der Waals surface area (Å²) in [4.78, 5) is 2.38. The highest BCUT2D eigenvalue weighted by Crippen LogP contribution is 2.18. The van der Waals surface area contributed by atoms with Gasteiger partial charge in [0.05, 0.1) is 6.07 Å². The zero-order valence-corrected chi connectivity index (χ0v) is 13.9. The summed E-state index contributed by atoms with van der Waals surface area (Å²) in [6.07, 6.45) is 2.95. The van der Waals surface area contributed by atoms with Gasteiger partial charge in [0.25, 0.3) is 0 Å². The van der Waals surface area contributed by atoms with E-state index in [1.807, 2.05) is 6.92 Å². The van der Waals surface area contributed by atoms with Crippen molar-refractivity contribution in [1.82, 2.24) is 5.32 Å². The number of nitrogens with one attached hydrogen (secondary N) is 1. The van der Waals surface area contributed by atoms with Gasteiger partial charge in [0, 0.05) is 18.8 Å². The summed E-state index contributed by atoms with van der Waals surface area (Å²) in [6.45, 7) is 11.3. The molecule has 0 spiro atoms. The molecule has 0 aliphatic heterocycles. The second-order valence-corrected chi connectivity index (χ2v) is 5.89. The molecule has 1 rings (SSSR count). The fourth-order valence-corrected chi connectivity index (χ4v) is 2.50. The van der Waals surface area contributed by atoms with Crippen molar-refractivity contribution in [2.24, 2.45) is 0 Å². The van der Waals surface area contributed by atoms with Crippen molar-refractivity contribution in [3.63, 3.8) is 0 Å². The molecule has 0 radical (unpaired) electrons. The molecule has 1 aromatic carbocycles. The predicted octanol–water partition coefficient (Wildman–Crippen LogP) is 3.88. The lowest BCUT2D eigenvalue weighted by atomic mass is 9.97. The van der Waals surface area contributed by atoms with E-state index in [0.717, 1.165) is 38.9 Å². The minimum Gasteiger partial charge on any atom is -0.372 e. The Balaban J connectivity index is 2.54. The zero-order valence-electron chi connectivity index (χ0n) is 13.9. The monoisotopic (exact) mass is 287 g/mol. The number of benzene rings is 1.